The number of carboxylic acids is 1. The molecule has 0 radical (unpaired) electrons. The molecule has 0 aliphatic heterocycles. The molecule has 0 fully saturated rings. The van der Waals surface area contributed by atoms with E-state index in [1.807, 2.05) is 0 Å². The molecule has 0 aliphatic rings. The van der Waals surface area contributed by atoms with Crippen LogP contribution in [0.2, 0.25) is 0 Å². The topological polar surface area (TPSA) is 83.8 Å². The molecule has 5 nitrogen and oxygen atoms in total. The molecule has 0 unspecified atom stereocenters. The van der Waals surface area contributed by atoms with Gasteiger partial charge >= 0.3 is 5.97 Å². The molecule has 0 spiro atoms. The van der Waals surface area contributed by atoms with Gasteiger partial charge in [0.15, 0.2) is 5.78 Å². The van der Waals surface area contributed by atoms with Crippen molar-refractivity contribution in [3.63, 3.8) is 0 Å². The van der Waals surface area contributed by atoms with Crippen LogP contribution in [-0.2, 0) is 11.2 Å². The lowest BCUT2D eigenvalue weighted by molar-refractivity contribution is -0.136. The summed E-state index contributed by atoms with van der Waals surface area (Å²) in [5.41, 5.74) is 1.64. The summed E-state index contributed by atoms with van der Waals surface area (Å²) in [4.78, 5) is 22.7. The van der Waals surface area contributed by atoms with E-state index in [0.29, 0.717) is 11.3 Å². The lowest BCUT2D eigenvalue weighted by Crippen LogP contribution is -1.99. The maximum atomic E-state index is 12.1. The quantitative estimate of drug-likeness (QED) is 0.633. The molecule has 23 heavy (non-hydrogen) atoms. The van der Waals surface area contributed by atoms with Gasteiger partial charge in [-0.15, -0.1) is 0 Å². The van der Waals surface area contributed by atoms with Crippen molar-refractivity contribution in [2.24, 2.45) is 0 Å². The molecule has 0 aliphatic carbocycles. The van der Waals surface area contributed by atoms with Crippen LogP contribution in [0.3, 0.4) is 0 Å². The van der Waals surface area contributed by atoms with E-state index in [9.17, 15) is 14.7 Å². The minimum atomic E-state index is -0.890. The molecule has 0 atom stereocenters. The predicted molar refractivity (Wildman–Crippen MR) is 85.8 cm³/mol. The molecule has 2 N–H and O–H groups in total. The van der Waals surface area contributed by atoms with Gasteiger partial charge in [-0.2, -0.15) is 0 Å². The summed E-state index contributed by atoms with van der Waals surface area (Å²) < 4.78 is 4.97. The monoisotopic (exact) mass is 312 g/mol. The molecule has 118 valence electrons. The van der Waals surface area contributed by atoms with Crippen molar-refractivity contribution in [2.75, 3.05) is 7.11 Å². The Hall–Kier alpha value is -3.08. The zero-order valence-corrected chi connectivity index (χ0v) is 12.5. The molecular formula is C18H16O5. The summed E-state index contributed by atoms with van der Waals surface area (Å²) >= 11 is 0. The second-order valence-corrected chi connectivity index (χ2v) is 4.89. The van der Waals surface area contributed by atoms with Gasteiger partial charge in [0.1, 0.15) is 11.5 Å². The maximum absolute atomic E-state index is 12.1. The van der Waals surface area contributed by atoms with Crippen molar-refractivity contribution in [2.45, 2.75) is 6.42 Å². The molecule has 5 heteroatoms. The summed E-state index contributed by atoms with van der Waals surface area (Å²) in [6.45, 7) is 0. The summed E-state index contributed by atoms with van der Waals surface area (Å²) in [6, 6.07) is 11.3. The summed E-state index contributed by atoms with van der Waals surface area (Å²) in [7, 11) is 1.48. The van der Waals surface area contributed by atoms with Gasteiger partial charge < -0.3 is 14.9 Å². The molecule has 0 bridgehead atoms. The van der Waals surface area contributed by atoms with E-state index >= 15 is 0 Å². The number of hydrogen-bond acceptors (Lipinski definition) is 4. The molecular weight excluding hydrogens is 296 g/mol. The third-order valence-corrected chi connectivity index (χ3v) is 3.23. The smallest absolute Gasteiger partial charge is 0.307 e. The second-order valence-electron chi connectivity index (χ2n) is 4.89. The van der Waals surface area contributed by atoms with E-state index in [1.54, 1.807) is 36.4 Å². The Morgan fingerprint density at radius 3 is 2.39 bits per heavy atom. The van der Waals surface area contributed by atoms with Gasteiger partial charge in [0, 0.05) is 6.07 Å². The number of ketones is 1. The second kappa shape index (κ2) is 7.26. The third-order valence-electron chi connectivity index (χ3n) is 3.23. The summed E-state index contributed by atoms with van der Waals surface area (Å²) in [5, 5.41) is 18.5. The van der Waals surface area contributed by atoms with Crippen molar-refractivity contribution >= 4 is 17.8 Å². The van der Waals surface area contributed by atoms with Crippen LogP contribution >= 0.6 is 0 Å². The van der Waals surface area contributed by atoms with Crippen LogP contribution in [0.1, 0.15) is 21.5 Å². The number of aromatic hydroxyl groups is 1. The average Bonchev–Trinajstić information content (AvgIpc) is 2.53. The number of benzene rings is 2. The third kappa shape index (κ3) is 4.44. The molecule has 0 heterocycles. The van der Waals surface area contributed by atoms with Crippen molar-refractivity contribution in [1.29, 1.82) is 0 Å². The number of aliphatic carboxylic acids is 1. The number of carbonyl (C=O) groups excluding carboxylic acids is 1. The van der Waals surface area contributed by atoms with Gasteiger partial charge in [-0.05, 0) is 29.3 Å². The number of ether oxygens (including phenoxy) is 1. The van der Waals surface area contributed by atoms with Crippen LogP contribution in [0.25, 0.3) is 6.08 Å². The highest BCUT2D eigenvalue weighted by atomic mass is 16.5. The van der Waals surface area contributed by atoms with Crippen molar-refractivity contribution in [1.82, 2.24) is 0 Å². The number of allylic oxidation sites excluding steroid dienone is 1. The predicted octanol–water partition coefficient (Wildman–Crippen LogP) is 2.92. The number of rotatable bonds is 6. The first-order valence-electron chi connectivity index (χ1n) is 6.90. The Balaban J connectivity index is 2.10. The standard InChI is InChI=1S/C18H16O5/c1-23-14-7-8-15(17(20)11-14)16(19)9-6-12-2-4-13(5-3-12)10-18(21)22/h2-9,11,20H,10H2,1H3,(H,21,22)/b9-6+. The van der Waals surface area contributed by atoms with E-state index in [2.05, 4.69) is 0 Å². The van der Waals surface area contributed by atoms with Crippen LogP contribution < -0.4 is 4.74 Å². The number of carbonyl (C=O) groups is 2. The molecule has 0 amide bonds. The lowest BCUT2D eigenvalue weighted by Gasteiger charge is -2.04. The Morgan fingerprint density at radius 1 is 1.13 bits per heavy atom. The zero-order chi connectivity index (χ0) is 16.8. The first-order chi connectivity index (χ1) is 11.0. The maximum Gasteiger partial charge on any atom is 0.307 e. The van der Waals surface area contributed by atoms with Crippen LogP contribution in [0.5, 0.6) is 11.5 Å². The SMILES string of the molecule is COc1ccc(C(=O)/C=C/c2ccc(CC(=O)O)cc2)c(O)c1. The van der Waals surface area contributed by atoms with Gasteiger partial charge in [-0.3, -0.25) is 9.59 Å². The van der Waals surface area contributed by atoms with Crippen molar-refractivity contribution in [3.8, 4) is 11.5 Å². The number of methoxy groups -OCH3 is 1. The Morgan fingerprint density at radius 2 is 1.83 bits per heavy atom. The van der Waals surface area contributed by atoms with Gasteiger partial charge in [-0.25, -0.2) is 0 Å². The lowest BCUT2D eigenvalue weighted by atomic mass is 10.1. The van der Waals surface area contributed by atoms with Crippen molar-refractivity contribution in [3.05, 3.63) is 65.2 Å². The highest BCUT2D eigenvalue weighted by Crippen LogP contribution is 2.24. The van der Waals surface area contributed by atoms with E-state index in [-0.39, 0.29) is 23.5 Å². The first-order valence-corrected chi connectivity index (χ1v) is 6.90. The first kappa shape index (κ1) is 16.3. The van der Waals surface area contributed by atoms with Crippen molar-refractivity contribution < 1.29 is 24.5 Å². The average molecular weight is 312 g/mol. The fourth-order valence-electron chi connectivity index (χ4n) is 2.03. The Bertz CT molecular complexity index is 745. The van der Waals surface area contributed by atoms with Gasteiger partial charge in [0.2, 0.25) is 0 Å². The number of hydrogen-bond donors (Lipinski definition) is 2. The van der Waals surface area contributed by atoms with E-state index in [4.69, 9.17) is 9.84 Å². The highest BCUT2D eigenvalue weighted by molar-refractivity contribution is 6.08. The fraction of sp³-hybridized carbons (Fsp3) is 0.111. The summed E-state index contributed by atoms with van der Waals surface area (Å²) in [5.74, 6) is -0.897. The normalized spacial score (nSPS) is 10.7. The van der Waals surface area contributed by atoms with Gasteiger partial charge in [-0.1, -0.05) is 30.3 Å². The number of carboxylic acid groups (broad SMARTS) is 1. The fourth-order valence-corrected chi connectivity index (χ4v) is 2.03. The van der Waals surface area contributed by atoms with E-state index < -0.39 is 5.97 Å². The van der Waals surface area contributed by atoms with Crippen LogP contribution in [-0.4, -0.2) is 29.1 Å². The van der Waals surface area contributed by atoms with Crippen LogP contribution in [0, 0.1) is 0 Å². The number of phenolic OH excluding ortho intramolecular Hbond substituents is 1. The van der Waals surface area contributed by atoms with Gasteiger partial charge in [0.25, 0.3) is 0 Å². The largest absolute Gasteiger partial charge is 0.507 e. The van der Waals surface area contributed by atoms with E-state index in [0.717, 1.165) is 5.56 Å². The molecule has 0 saturated carbocycles. The Labute approximate surface area is 133 Å². The number of phenols is 1. The molecule has 2 aromatic carbocycles. The Kier molecular flexibility index (Phi) is 5.15. The van der Waals surface area contributed by atoms with Crippen LogP contribution in [0.4, 0.5) is 0 Å². The zero-order valence-electron chi connectivity index (χ0n) is 12.5. The van der Waals surface area contributed by atoms with Crippen LogP contribution in [0.15, 0.2) is 48.5 Å². The molecule has 0 aromatic heterocycles. The molecule has 2 aromatic rings. The highest BCUT2D eigenvalue weighted by Gasteiger charge is 2.09. The molecule has 0 saturated heterocycles. The molecule has 2 rings (SSSR count). The van der Waals surface area contributed by atoms with E-state index in [1.165, 1.54) is 25.3 Å². The minimum absolute atomic E-state index is 0.0390. The minimum Gasteiger partial charge on any atom is -0.507 e. The summed E-state index contributed by atoms with van der Waals surface area (Å²) in [6.07, 6.45) is 2.92. The van der Waals surface area contributed by atoms with Gasteiger partial charge in [0.05, 0.1) is 19.1 Å².